The molecule has 0 bridgehead atoms. The third-order valence-electron chi connectivity index (χ3n) is 3.99. The Morgan fingerprint density at radius 2 is 1.64 bits per heavy atom. The summed E-state index contributed by atoms with van der Waals surface area (Å²) in [7, 11) is 0. The number of hydrogen-bond acceptors (Lipinski definition) is 1. The molecule has 1 spiro atoms. The number of Topliss-reactive ketones (excluding diaryl/α,β-unsaturated/α-hetero) is 1. The predicted octanol–water partition coefficient (Wildman–Crippen LogP) is 2.16. The minimum absolute atomic E-state index is 0.538. The molecular weight excluding hydrogens is 136 g/mol. The monoisotopic (exact) mass is 150 g/mol. The first-order valence-electron chi connectivity index (χ1n) is 4.79. The second-order valence-corrected chi connectivity index (χ2v) is 4.88. The molecule has 3 rings (SSSR count). The highest BCUT2D eigenvalue weighted by Crippen LogP contribution is 2.64. The lowest BCUT2D eigenvalue weighted by molar-refractivity contribution is -0.117. The molecule has 0 heterocycles. The van der Waals surface area contributed by atoms with Gasteiger partial charge in [0.05, 0.1) is 0 Å². The molecule has 0 unspecified atom stereocenters. The lowest BCUT2D eigenvalue weighted by atomic mass is 10.0. The zero-order valence-corrected chi connectivity index (χ0v) is 6.81. The van der Waals surface area contributed by atoms with Gasteiger partial charge in [-0.25, -0.2) is 0 Å². The summed E-state index contributed by atoms with van der Waals surface area (Å²) in [5.74, 6) is 2.16. The van der Waals surface area contributed by atoms with Gasteiger partial charge in [0.2, 0.25) is 0 Å². The normalized spacial score (nSPS) is 44.9. The van der Waals surface area contributed by atoms with Gasteiger partial charge in [-0.2, -0.15) is 0 Å². The smallest absolute Gasteiger partial charge is 0.133 e. The topological polar surface area (TPSA) is 17.1 Å². The van der Waals surface area contributed by atoms with E-state index in [1.165, 1.54) is 25.7 Å². The third kappa shape index (κ3) is 0.800. The number of ketones is 1. The maximum atomic E-state index is 11.1. The summed E-state index contributed by atoms with van der Waals surface area (Å²) in [5.41, 5.74) is 0.774. The number of carbonyl (C=O) groups excluding carboxylic acids is 1. The molecule has 0 aromatic rings. The molecule has 0 N–H and O–H groups in total. The molecule has 2 atom stereocenters. The fourth-order valence-electron chi connectivity index (χ4n) is 3.26. The van der Waals surface area contributed by atoms with Crippen molar-refractivity contribution in [2.45, 2.75) is 38.5 Å². The van der Waals surface area contributed by atoms with Gasteiger partial charge in [0, 0.05) is 12.8 Å². The van der Waals surface area contributed by atoms with E-state index in [1.54, 1.807) is 0 Å². The SMILES string of the molecule is O=C1C[C@@H]2CC3(CC3)C[C@@H]2C1. The van der Waals surface area contributed by atoms with Crippen molar-refractivity contribution >= 4 is 5.78 Å². The molecule has 1 heteroatoms. The van der Waals surface area contributed by atoms with Crippen LogP contribution >= 0.6 is 0 Å². The summed E-state index contributed by atoms with van der Waals surface area (Å²) in [6.45, 7) is 0. The molecule has 0 amide bonds. The van der Waals surface area contributed by atoms with Crippen LogP contribution in [0.4, 0.5) is 0 Å². The van der Waals surface area contributed by atoms with E-state index in [0.29, 0.717) is 5.78 Å². The van der Waals surface area contributed by atoms with Crippen molar-refractivity contribution in [1.29, 1.82) is 0 Å². The fraction of sp³-hybridized carbons (Fsp3) is 0.900. The van der Waals surface area contributed by atoms with Crippen molar-refractivity contribution < 1.29 is 4.79 Å². The van der Waals surface area contributed by atoms with Gasteiger partial charge in [0.15, 0.2) is 0 Å². The minimum atomic E-state index is 0.538. The third-order valence-corrected chi connectivity index (χ3v) is 3.99. The van der Waals surface area contributed by atoms with Gasteiger partial charge in [0.25, 0.3) is 0 Å². The van der Waals surface area contributed by atoms with Crippen molar-refractivity contribution in [3.8, 4) is 0 Å². The lowest BCUT2D eigenvalue weighted by Crippen LogP contribution is -1.98. The summed E-state index contributed by atoms with van der Waals surface area (Å²) in [5, 5.41) is 0. The van der Waals surface area contributed by atoms with E-state index in [9.17, 15) is 4.79 Å². The molecule has 0 saturated heterocycles. The van der Waals surface area contributed by atoms with Gasteiger partial charge in [-0.15, -0.1) is 0 Å². The highest BCUT2D eigenvalue weighted by atomic mass is 16.1. The number of rotatable bonds is 0. The van der Waals surface area contributed by atoms with E-state index in [2.05, 4.69) is 0 Å². The molecule has 3 aliphatic carbocycles. The van der Waals surface area contributed by atoms with Crippen molar-refractivity contribution in [2.75, 3.05) is 0 Å². The summed E-state index contributed by atoms with van der Waals surface area (Å²) >= 11 is 0. The Morgan fingerprint density at radius 1 is 1.09 bits per heavy atom. The van der Waals surface area contributed by atoms with Crippen molar-refractivity contribution in [2.24, 2.45) is 17.3 Å². The van der Waals surface area contributed by atoms with Gasteiger partial charge in [-0.05, 0) is 42.9 Å². The molecule has 60 valence electrons. The summed E-state index contributed by atoms with van der Waals surface area (Å²) < 4.78 is 0. The van der Waals surface area contributed by atoms with E-state index in [4.69, 9.17) is 0 Å². The van der Waals surface area contributed by atoms with E-state index in [-0.39, 0.29) is 0 Å². The second kappa shape index (κ2) is 1.70. The quantitative estimate of drug-likeness (QED) is 0.517. The standard InChI is InChI=1S/C10H14O/c11-9-3-7-5-10(1-2-10)6-8(7)4-9/h7-8H,1-6H2/t7-,8+. The van der Waals surface area contributed by atoms with Crippen LogP contribution < -0.4 is 0 Å². The first kappa shape index (κ1) is 6.22. The minimum Gasteiger partial charge on any atom is -0.300 e. The van der Waals surface area contributed by atoms with Crippen LogP contribution in [0.2, 0.25) is 0 Å². The summed E-state index contributed by atoms with van der Waals surface area (Å²) in [4.78, 5) is 11.1. The lowest BCUT2D eigenvalue weighted by Gasteiger charge is -2.04. The van der Waals surface area contributed by atoms with Crippen molar-refractivity contribution in [1.82, 2.24) is 0 Å². The molecule has 3 aliphatic rings. The fourth-order valence-corrected chi connectivity index (χ4v) is 3.26. The molecule has 0 aromatic heterocycles. The Labute approximate surface area is 67.2 Å². The van der Waals surface area contributed by atoms with Crippen LogP contribution in [0.1, 0.15) is 38.5 Å². The number of fused-ring (bicyclic) bond motifs is 1. The van der Waals surface area contributed by atoms with Crippen LogP contribution in [-0.2, 0) is 4.79 Å². The van der Waals surface area contributed by atoms with Gasteiger partial charge in [-0.3, -0.25) is 4.79 Å². The van der Waals surface area contributed by atoms with Crippen LogP contribution in [0.25, 0.3) is 0 Å². The van der Waals surface area contributed by atoms with Crippen LogP contribution in [-0.4, -0.2) is 5.78 Å². The summed E-state index contributed by atoms with van der Waals surface area (Å²) in [6.07, 6.45) is 7.56. The zero-order chi connectivity index (χ0) is 7.47. The molecule has 3 saturated carbocycles. The van der Waals surface area contributed by atoms with E-state index in [0.717, 1.165) is 30.1 Å². The molecule has 3 fully saturated rings. The Kier molecular flexibility index (Phi) is 0.961. The van der Waals surface area contributed by atoms with Crippen LogP contribution in [0.3, 0.4) is 0 Å². The van der Waals surface area contributed by atoms with Gasteiger partial charge >= 0.3 is 0 Å². The number of carbonyl (C=O) groups is 1. The first-order valence-corrected chi connectivity index (χ1v) is 4.79. The average molecular weight is 150 g/mol. The van der Waals surface area contributed by atoms with Gasteiger partial charge < -0.3 is 0 Å². The largest absolute Gasteiger partial charge is 0.300 e. The van der Waals surface area contributed by atoms with E-state index >= 15 is 0 Å². The maximum Gasteiger partial charge on any atom is 0.133 e. The predicted molar refractivity (Wildman–Crippen MR) is 42.1 cm³/mol. The first-order chi connectivity index (χ1) is 5.27. The molecular formula is C10H14O. The highest BCUT2D eigenvalue weighted by molar-refractivity contribution is 5.81. The highest BCUT2D eigenvalue weighted by Gasteiger charge is 2.54. The molecule has 11 heavy (non-hydrogen) atoms. The Balaban J connectivity index is 1.81. The zero-order valence-electron chi connectivity index (χ0n) is 6.81. The van der Waals surface area contributed by atoms with Crippen molar-refractivity contribution in [3.05, 3.63) is 0 Å². The van der Waals surface area contributed by atoms with Gasteiger partial charge in [-0.1, -0.05) is 0 Å². The molecule has 1 nitrogen and oxygen atoms in total. The van der Waals surface area contributed by atoms with E-state index in [1.807, 2.05) is 0 Å². The van der Waals surface area contributed by atoms with Crippen molar-refractivity contribution in [3.63, 3.8) is 0 Å². The van der Waals surface area contributed by atoms with Crippen LogP contribution in [0.15, 0.2) is 0 Å². The average Bonchev–Trinajstić information content (AvgIpc) is 2.44. The Morgan fingerprint density at radius 3 is 2.09 bits per heavy atom. The number of hydrogen-bond donors (Lipinski definition) is 0. The Hall–Kier alpha value is -0.330. The Bertz CT molecular complexity index is 197. The molecule has 0 aromatic carbocycles. The second-order valence-electron chi connectivity index (χ2n) is 4.88. The van der Waals surface area contributed by atoms with E-state index < -0.39 is 0 Å². The maximum absolute atomic E-state index is 11.1. The van der Waals surface area contributed by atoms with Crippen LogP contribution in [0, 0.1) is 17.3 Å². The molecule has 0 aliphatic heterocycles. The van der Waals surface area contributed by atoms with Crippen LogP contribution in [0.5, 0.6) is 0 Å². The molecule has 0 radical (unpaired) electrons. The summed E-state index contributed by atoms with van der Waals surface area (Å²) in [6, 6.07) is 0. The van der Waals surface area contributed by atoms with Gasteiger partial charge in [0.1, 0.15) is 5.78 Å².